The van der Waals surface area contributed by atoms with Gasteiger partial charge in [-0.25, -0.2) is 8.42 Å². The first-order chi connectivity index (χ1) is 9.56. The summed E-state index contributed by atoms with van der Waals surface area (Å²) in [5, 5.41) is 0.777. The monoisotopic (exact) mass is 363 g/mol. The molecule has 1 aromatic carbocycles. The molecule has 20 heavy (non-hydrogen) atoms. The first-order valence-electron chi connectivity index (χ1n) is 6.68. The molecule has 0 aliphatic heterocycles. The van der Waals surface area contributed by atoms with Gasteiger partial charge in [0.1, 0.15) is 0 Å². The molecule has 0 atom stereocenters. The molecule has 0 unspecified atom stereocenters. The molecule has 0 bridgehead atoms. The Bertz CT molecular complexity index is 505. The lowest BCUT2D eigenvalue weighted by molar-refractivity contribution is 0.205. The van der Waals surface area contributed by atoms with Crippen molar-refractivity contribution in [1.29, 1.82) is 0 Å². The van der Waals surface area contributed by atoms with E-state index in [1.54, 1.807) is 19.2 Å². The van der Waals surface area contributed by atoms with Gasteiger partial charge in [0, 0.05) is 25.5 Å². The minimum atomic E-state index is -3.23. The summed E-state index contributed by atoms with van der Waals surface area (Å²) >= 11 is 3.41. The molecule has 0 aromatic heterocycles. The maximum absolute atomic E-state index is 12.4. The van der Waals surface area contributed by atoms with E-state index < -0.39 is 9.84 Å². The predicted octanol–water partition coefficient (Wildman–Crippen LogP) is 2.72. The van der Waals surface area contributed by atoms with Crippen molar-refractivity contribution in [3.63, 3.8) is 0 Å². The Hall–Kier alpha value is -0.590. The number of rotatable bonds is 9. The highest BCUT2D eigenvalue weighted by atomic mass is 79.9. The van der Waals surface area contributed by atoms with E-state index in [0.29, 0.717) is 24.5 Å². The first-order valence-corrected chi connectivity index (χ1v) is 9.45. The molecule has 0 N–H and O–H groups in total. The van der Waals surface area contributed by atoms with Crippen LogP contribution < -0.4 is 4.90 Å². The summed E-state index contributed by atoms with van der Waals surface area (Å²) in [7, 11) is -1.58. The summed E-state index contributed by atoms with van der Waals surface area (Å²) in [5.41, 5.74) is 0.762. The van der Waals surface area contributed by atoms with Gasteiger partial charge in [-0.3, -0.25) is 0 Å². The van der Waals surface area contributed by atoms with E-state index >= 15 is 0 Å². The minimum absolute atomic E-state index is 0.177. The quantitative estimate of drug-likeness (QED) is 0.632. The van der Waals surface area contributed by atoms with Gasteiger partial charge in [-0.1, -0.05) is 35.0 Å². The van der Waals surface area contributed by atoms with Crippen molar-refractivity contribution in [3.05, 3.63) is 24.3 Å². The lowest BCUT2D eigenvalue weighted by atomic mass is 10.3. The second-order valence-electron chi connectivity index (χ2n) is 4.46. The second-order valence-corrected chi connectivity index (χ2v) is 7.33. The zero-order valence-electron chi connectivity index (χ0n) is 12.0. The van der Waals surface area contributed by atoms with E-state index in [2.05, 4.69) is 15.9 Å². The number of sulfone groups is 1. The zero-order chi connectivity index (χ0) is 15.0. The van der Waals surface area contributed by atoms with Crippen LogP contribution in [0.15, 0.2) is 29.2 Å². The number of hydrogen-bond acceptors (Lipinski definition) is 4. The molecule has 0 radical (unpaired) electrons. The SMILES string of the molecule is CCCS(=O)(=O)c1ccccc1N(CCBr)CCOC. The lowest BCUT2D eigenvalue weighted by Crippen LogP contribution is -2.30. The lowest BCUT2D eigenvalue weighted by Gasteiger charge is -2.26. The number of ether oxygens (including phenoxy) is 1. The van der Waals surface area contributed by atoms with Crippen molar-refractivity contribution < 1.29 is 13.2 Å². The third kappa shape index (κ3) is 4.75. The van der Waals surface area contributed by atoms with Crippen LogP contribution in [0.1, 0.15) is 13.3 Å². The van der Waals surface area contributed by atoms with Crippen LogP contribution in [0.2, 0.25) is 0 Å². The van der Waals surface area contributed by atoms with Gasteiger partial charge in [0.15, 0.2) is 9.84 Å². The average Bonchev–Trinajstić information content (AvgIpc) is 2.43. The zero-order valence-corrected chi connectivity index (χ0v) is 14.4. The van der Waals surface area contributed by atoms with E-state index in [1.165, 1.54) is 0 Å². The van der Waals surface area contributed by atoms with Crippen LogP contribution >= 0.6 is 15.9 Å². The number of benzene rings is 1. The third-order valence-corrected chi connectivity index (χ3v) is 5.25. The third-order valence-electron chi connectivity index (χ3n) is 2.93. The fourth-order valence-corrected chi connectivity index (χ4v) is 4.00. The van der Waals surface area contributed by atoms with Crippen LogP contribution in [-0.2, 0) is 14.6 Å². The Morgan fingerprint density at radius 3 is 2.55 bits per heavy atom. The molecule has 0 spiro atoms. The molecule has 1 aromatic rings. The fourth-order valence-electron chi connectivity index (χ4n) is 2.02. The topological polar surface area (TPSA) is 46.6 Å². The number of anilines is 1. The maximum atomic E-state index is 12.4. The van der Waals surface area contributed by atoms with Crippen LogP contribution in [0.25, 0.3) is 0 Å². The Morgan fingerprint density at radius 2 is 1.95 bits per heavy atom. The highest BCUT2D eigenvalue weighted by molar-refractivity contribution is 9.09. The van der Waals surface area contributed by atoms with Crippen molar-refractivity contribution >= 4 is 31.5 Å². The highest BCUT2D eigenvalue weighted by Gasteiger charge is 2.20. The van der Waals surface area contributed by atoms with E-state index in [1.807, 2.05) is 24.0 Å². The van der Waals surface area contributed by atoms with Crippen molar-refractivity contribution in [1.82, 2.24) is 0 Å². The van der Waals surface area contributed by atoms with Gasteiger partial charge in [-0.05, 0) is 18.6 Å². The van der Waals surface area contributed by atoms with Crippen LogP contribution in [0.5, 0.6) is 0 Å². The summed E-state index contributed by atoms with van der Waals surface area (Å²) in [6.07, 6.45) is 0.618. The number of nitrogens with zero attached hydrogens (tertiary/aromatic N) is 1. The molecule has 0 saturated heterocycles. The Kier molecular flexibility index (Phi) is 7.55. The smallest absolute Gasteiger partial charge is 0.180 e. The molecule has 114 valence electrons. The molecule has 0 saturated carbocycles. The average molecular weight is 364 g/mol. The minimum Gasteiger partial charge on any atom is -0.383 e. The van der Waals surface area contributed by atoms with Gasteiger partial charge < -0.3 is 9.64 Å². The Morgan fingerprint density at radius 1 is 1.25 bits per heavy atom. The first kappa shape index (κ1) is 17.5. The van der Waals surface area contributed by atoms with Gasteiger partial charge in [0.2, 0.25) is 0 Å². The van der Waals surface area contributed by atoms with Crippen LogP contribution in [0.3, 0.4) is 0 Å². The maximum Gasteiger partial charge on any atom is 0.180 e. The number of halogens is 1. The number of alkyl halides is 1. The largest absolute Gasteiger partial charge is 0.383 e. The second kappa shape index (κ2) is 8.64. The summed E-state index contributed by atoms with van der Waals surface area (Å²) in [5.74, 6) is 0.177. The van der Waals surface area contributed by atoms with Crippen molar-refractivity contribution in [3.8, 4) is 0 Å². The van der Waals surface area contributed by atoms with E-state index in [4.69, 9.17) is 4.74 Å². The molecule has 0 fully saturated rings. The molecule has 0 amide bonds. The van der Waals surface area contributed by atoms with Gasteiger partial charge in [-0.15, -0.1) is 0 Å². The van der Waals surface area contributed by atoms with Gasteiger partial charge in [-0.2, -0.15) is 0 Å². The van der Waals surface area contributed by atoms with Crippen molar-refractivity contribution in [2.24, 2.45) is 0 Å². The number of methoxy groups -OCH3 is 1. The number of para-hydroxylation sites is 1. The summed E-state index contributed by atoms with van der Waals surface area (Å²) in [4.78, 5) is 2.46. The molecule has 0 heterocycles. The molecular formula is C14H22BrNO3S. The number of hydrogen-bond donors (Lipinski definition) is 0. The molecule has 6 heteroatoms. The molecule has 0 aliphatic carbocycles. The van der Waals surface area contributed by atoms with E-state index in [0.717, 1.165) is 17.6 Å². The highest BCUT2D eigenvalue weighted by Crippen LogP contribution is 2.26. The van der Waals surface area contributed by atoms with Crippen molar-refractivity contribution in [2.45, 2.75) is 18.2 Å². The summed E-state index contributed by atoms with van der Waals surface area (Å²) < 4.78 is 29.8. The standard InChI is InChI=1S/C14H22BrNO3S/c1-3-12-20(17,18)14-7-5-4-6-13(14)16(9-8-15)10-11-19-2/h4-7H,3,8-12H2,1-2H3. The van der Waals surface area contributed by atoms with Crippen LogP contribution in [0.4, 0.5) is 5.69 Å². The molecule has 0 aliphatic rings. The van der Waals surface area contributed by atoms with Crippen LogP contribution in [0, 0.1) is 0 Å². The van der Waals surface area contributed by atoms with Crippen LogP contribution in [-0.4, -0.2) is 46.3 Å². The summed E-state index contributed by atoms with van der Waals surface area (Å²) in [6, 6.07) is 7.19. The Balaban J connectivity index is 3.15. The normalized spacial score (nSPS) is 11.6. The molecular weight excluding hydrogens is 342 g/mol. The van der Waals surface area contributed by atoms with E-state index in [9.17, 15) is 8.42 Å². The van der Waals surface area contributed by atoms with Gasteiger partial charge in [0.05, 0.1) is 22.9 Å². The predicted molar refractivity (Wildman–Crippen MR) is 86.7 cm³/mol. The molecule has 4 nitrogen and oxygen atoms in total. The van der Waals surface area contributed by atoms with Gasteiger partial charge >= 0.3 is 0 Å². The fraction of sp³-hybridized carbons (Fsp3) is 0.571. The molecule has 1 rings (SSSR count). The van der Waals surface area contributed by atoms with Gasteiger partial charge in [0.25, 0.3) is 0 Å². The Labute approximate surface area is 130 Å². The summed E-state index contributed by atoms with van der Waals surface area (Å²) in [6.45, 7) is 3.85. The van der Waals surface area contributed by atoms with Crippen molar-refractivity contribution in [2.75, 3.05) is 42.8 Å². The van der Waals surface area contributed by atoms with E-state index in [-0.39, 0.29) is 5.75 Å².